The van der Waals surface area contributed by atoms with Gasteiger partial charge in [0.1, 0.15) is 6.54 Å². The summed E-state index contributed by atoms with van der Waals surface area (Å²) in [6.45, 7) is 3.57. The highest BCUT2D eigenvalue weighted by Gasteiger charge is 2.38. The van der Waals surface area contributed by atoms with Gasteiger partial charge in [-0.2, -0.15) is 0 Å². The van der Waals surface area contributed by atoms with E-state index in [1.807, 2.05) is 34.9 Å². The summed E-state index contributed by atoms with van der Waals surface area (Å²) in [4.78, 5) is 40.9. The Morgan fingerprint density at radius 1 is 1.07 bits per heavy atom. The Morgan fingerprint density at radius 3 is 2.83 bits per heavy atom. The average molecular weight is 407 g/mol. The fourth-order valence-electron chi connectivity index (χ4n) is 5.66. The maximum absolute atomic E-state index is 12.9. The van der Waals surface area contributed by atoms with E-state index in [0.717, 1.165) is 50.3 Å². The maximum atomic E-state index is 12.9. The van der Waals surface area contributed by atoms with E-state index < -0.39 is 0 Å². The minimum absolute atomic E-state index is 0.0171. The van der Waals surface area contributed by atoms with E-state index in [0.29, 0.717) is 24.9 Å². The minimum Gasteiger partial charge on any atom is -0.328 e. The molecule has 5 rings (SSSR count). The highest BCUT2D eigenvalue weighted by molar-refractivity contribution is 6.06. The number of hydrogen-bond acceptors (Lipinski definition) is 3. The predicted molar refractivity (Wildman–Crippen MR) is 114 cm³/mol. The van der Waals surface area contributed by atoms with E-state index in [1.54, 1.807) is 11.0 Å². The molecule has 3 aliphatic rings. The SMILES string of the molecule is O=C(CC(=O)N1CCCc2ccccc21)C[NH+]1C[C@@H]2C[C@H](C1)c1cccc(=O)n1C2. The first-order valence-electron chi connectivity index (χ1n) is 11.0. The quantitative estimate of drug-likeness (QED) is 0.764. The molecule has 1 N–H and O–H groups in total. The summed E-state index contributed by atoms with van der Waals surface area (Å²) in [6, 6.07) is 13.5. The second kappa shape index (κ2) is 7.84. The van der Waals surface area contributed by atoms with E-state index in [9.17, 15) is 14.4 Å². The lowest BCUT2D eigenvalue weighted by molar-refractivity contribution is -0.903. The minimum atomic E-state index is -0.0827. The van der Waals surface area contributed by atoms with Crippen molar-refractivity contribution in [2.45, 2.75) is 38.1 Å². The number of likely N-dealkylation sites (tertiary alicyclic amines) is 1. The molecule has 1 fully saturated rings. The van der Waals surface area contributed by atoms with Gasteiger partial charge in [-0.15, -0.1) is 0 Å². The number of ketones is 1. The van der Waals surface area contributed by atoms with Gasteiger partial charge in [0.15, 0.2) is 5.78 Å². The number of hydrogen-bond donors (Lipinski definition) is 1. The van der Waals surface area contributed by atoms with Gasteiger partial charge in [0.2, 0.25) is 5.91 Å². The zero-order valence-electron chi connectivity index (χ0n) is 17.2. The van der Waals surface area contributed by atoms with Crippen molar-refractivity contribution in [1.82, 2.24) is 4.57 Å². The van der Waals surface area contributed by atoms with Crippen molar-refractivity contribution in [2.75, 3.05) is 31.1 Å². The molecule has 4 heterocycles. The second-order valence-corrected chi connectivity index (χ2v) is 9.03. The van der Waals surface area contributed by atoms with Crippen LogP contribution in [0.5, 0.6) is 0 Å². The summed E-state index contributed by atoms with van der Waals surface area (Å²) in [6.07, 6.45) is 2.99. The molecule has 1 saturated heterocycles. The topological polar surface area (TPSA) is 63.8 Å². The van der Waals surface area contributed by atoms with Crippen LogP contribution in [0.15, 0.2) is 47.3 Å². The number of nitrogens with zero attached hydrogens (tertiary/aromatic N) is 2. The Balaban J connectivity index is 1.23. The molecule has 2 aromatic rings. The van der Waals surface area contributed by atoms with Crippen LogP contribution in [0.2, 0.25) is 0 Å². The number of Topliss-reactive ketones (excluding diaryl/α,β-unsaturated/α-hetero) is 1. The first kappa shape index (κ1) is 19.2. The number of carbonyl (C=O) groups excluding carboxylic acids is 2. The third-order valence-electron chi connectivity index (χ3n) is 6.88. The fourth-order valence-corrected chi connectivity index (χ4v) is 5.66. The zero-order chi connectivity index (χ0) is 20.7. The molecule has 0 radical (unpaired) electrons. The normalized spacial score (nSPS) is 24.7. The van der Waals surface area contributed by atoms with Crippen LogP contribution in [0.3, 0.4) is 0 Å². The number of nitrogens with one attached hydrogen (secondary N) is 1. The largest absolute Gasteiger partial charge is 0.328 e. The number of aromatic nitrogens is 1. The number of benzene rings is 1. The van der Waals surface area contributed by atoms with Crippen LogP contribution < -0.4 is 15.4 Å². The number of rotatable bonds is 4. The molecule has 3 aliphatic heterocycles. The van der Waals surface area contributed by atoms with Crippen molar-refractivity contribution in [3.63, 3.8) is 0 Å². The van der Waals surface area contributed by atoms with Gasteiger partial charge in [-0.1, -0.05) is 24.3 Å². The molecule has 1 aromatic heterocycles. The standard InChI is InChI=1S/C24H27N3O3/c28-20(12-24(30)26-10-4-6-18-5-1-2-7-21(18)26)16-25-13-17-11-19(15-25)22-8-3-9-23(29)27(22)14-17/h1-3,5,7-9,17,19H,4,6,10-16H2/p+1/t17-,19+/m0/s1. The van der Waals surface area contributed by atoms with Crippen LogP contribution in [-0.2, 0) is 22.6 Å². The van der Waals surface area contributed by atoms with Crippen LogP contribution in [0.25, 0.3) is 0 Å². The molecular formula is C24H28N3O3+. The van der Waals surface area contributed by atoms with Crippen molar-refractivity contribution in [3.8, 4) is 0 Å². The fraction of sp³-hybridized carbons (Fsp3) is 0.458. The molecule has 0 saturated carbocycles. The Kier molecular flexibility index (Phi) is 5.03. The lowest BCUT2D eigenvalue weighted by atomic mass is 9.83. The van der Waals surface area contributed by atoms with Gasteiger partial charge in [-0.25, -0.2) is 0 Å². The second-order valence-electron chi connectivity index (χ2n) is 9.03. The Bertz CT molecular complexity index is 1040. The zero-order valence-corrected chi connectivity index (χ0v) is 17.2. The number of aryl methyl sites for hydroxylation is 1. The van der Waals surface area contributed by atoms with Gasteiger partial charge >= 0.3 is 0 Å². The molecule has 2 bridgehead atoms. The van der Waals surface area contributed by atoms with E-state index in [-0.39, 0.29) is 23.7 Å². The smallest absolute Gasteiger partial charge is 0.250 e. The van der Waals surface area contributed by atoms with Crippen molar-refractivity contribution in [3.05, 3.63) is 64.1 Å². The van der Waals surface area contributed by atoms with Gasteiger partial charge in [0.05, 0.1) is 19.5 Å². The highest BCUT2D eigenvalue weighted by atomic mass is 16.2. The van der Waals surface area contributed by atoms with Gasteiger partial charge in [0.25, 0.3) is 5.56 Å². The Morgan fingerprint density at radius 2 is 1.93 bits per heavy atom. The molecule has 6 nitrogen and oxygen atoms in total. The van der Waals surface area contributed by atoms with Crippen LogP contribution in [0.4, 0.5) is 5.69 Å². The molecule has 30 heavy (non-hydrogen) atoms. The Labute approximate surface area is 176 Å². The highest BCUT2D eigenvalue weighted by Crippen LogP contribution is 2.30. The molecule has 1 aromatic carbocycles. The first-order valence-corrected chi connectivity index (χ1v) is 11.0. The molecule has 0 aliphatic carbocycles. The molecular weight excluding hydrogens is 378 g/mol. The van der Waals surface area contributed by atoms with Gasteiger partial charge in [-0.3, -0.25) is 14.4 Å². The number of anilines is 1. The number of piperidine rings is 1. The Hall–Kier alpha value is -2.73. The van der Waals surface area contributed by atoms with Crippen LogP contribution in [0.1, 0.15) is 36.4 Å². The van der Waals surface area contributed by atoms with E-state index in [1.165, 1.54) is 10.5 Å². The molecule has 1 amide bonds. The summed E-state index contributed by atoms with van der Waals surface area (Å²) in [5.74, 6) is 0.673. The van der Waals surface area contributed by atoms with E-state index in [2.05, 4.69) is 6.07 Å². The van der Waals surface area contributed by atoms with Gasteiger partial charge in [-0.05, 0) is 37.0 Å². The summed E-state index contributed by atoms with van der Waals surface area (Å²) < 4.78 is 1.91. The lowest BCUT2D eigenvalue weighted by Crippen LogP contribution is -3.15. The molecule has 6 heteroatoms. The number of quaternary nitrogens is 1. The summed E-state index contributed by atoms with van der Waals surface area (Å²) in [5.41, 5.74) is 3.33. The van der Waals surface area contributed by atoms with Gasteiger partial charge < -0.3 is 14.4 Å². The summed E-state index contributed by atoms with van der Waals surface area (Å²) in [7, 11) is 0. The number of amides is 1. The van der Waals surface area contributed by atoms with Crippen molar-refractivity contribution in [1.29, 1.82) is 0 Å². The number of carbonyl (C=O) groups is 2. The molecule has 3 atom stereocenters. The molecule has 0 spiro atoms. The van der Waals surface area contributed by atoms with E-state index >= 15 is 0 Å². The third-order valence-corrected chi connectivity index (χ3v) is 6.88. The van der Waals surface area contributed by atoms with Crippen LogP contribution >= 0.6 is 0 Å². The number of pyridine rings is 1. The average Bonchev–Trinajstić information content (AvgIpc) is 2.74. The van der Waals surface area contributed by atoms with Crippen LogP contribution in [-0.4, -0.2) is 42.4 Å². The first-order chi connectivity index (χ1) is 14.6. The van der Waals surface area contributed by atoms with E-state index in [4.69, 9.17) is 0 Å². The summed E-state index contributed by atoms with van der Waals surface area (Å²) in [5, 5.41) is 0. The molecule has 156 valence electrons. The predicted octanol–water partition coefficient (Wildman–Crippen LogP) is 0.789. The molecule has 1 unspecified atom stereocenters. The van der Waals surface area contributed by atoms with Crippen LogP contribution in [0, 0.1) is 5.92 Å². The number of para-hydroxylation sites is 1. The lowest BCUT2D eigenvalue weighted by Gasteiger charge is -2.40. The summed E-state index contributed by atoms with van der Waals surface area (Å²) >= 11 is 0. The monoisotopic (exact) mass is 406 g/mol. The van der Waals surface area contributed by atoms with Crippen molar-refractivity contribution in [2.24, 2.45) is 5.92 Å². The maximum Gasteiger partial charge on any atom is 0.250 e. The van der Waals surface area contributed by atoms with Crippen molar-refractivity contribution < 1.29 is 14.5 Å². The van der Waals surface area contributed by atoms with Crippen molar-refractivity contribution >= 4 is 17.4 Å². The third kappa shape index (κ3) is 3.60. The number of fused-ring (bicyclic) bond motifs is 5. The van der Waals surface area contributed by atoms with Gasteiger partial charge in [0, 0.05) is 42.4 Å².